The fourth-order valence-corrected chi connectivity index (χ4v) is 6.28. The second-order valence-corrected chi connectivity index (χ2v) is 11.0. The largest absolute Gasteiger partial charge is 0.342 e. The predicted molar refractivity (Wildman–Crippen MR) is 116 cm³/mol. The molecule has 2 fully saturated rings. The van der Waals surface area contributed by atoms with Crippen LogP contribution >= 0.6 is 35.6 Å². The van der Waals surface area contributed by atoms with Crippen molar-refractivity contribution < 1.29 is 18.0 Å². The van der Waals surface area contributed by atoms with Crippen LogP contribution in [-0.4, -0.2) is 65.5 Å². The zero-order valence-corrected chi connectivity index (χ0v) is 18.3. The average molecular weight is 459 g/mol. The van der Waals surface area contributed by atoms with Crippen LogP contribution in [0.4, 0.5) is 0 Å². The maximum Gasteiger partial charge on any atom is 0.266 e. The van der Waals surface area contributed by atoms with Crippen LogP contribution in [0, 0.1) is 0 Å². The lowest BCUT2D eigenvalue weighted by atomic mass is 10.2. The number of carbonyl (C=O) groups excluding carboxylic acids is 2. The summed E-state index contributed by atoms with van der Waals surface area (Å²) in [5.74, 6) is -0.318. The van der Waals surface area contributed by atoms with Crippen LogP contribution in [0.1, 0.15) is 18.4 Å². The highest BCUT2D eigenvalue weighted by Crippen LogP contribution is 2.33. The topological polar surface area (TPSA) is 74.8 Å². The quantitative estimate of drug-likeness (QED) is 0.498. The molecule has 1 aromatic rings. The van der Waals surface area contributed by atoms with Gasteiger partial charge in [0.1, 0.15) is 4.32 Å². The Morgan fingerprint density at radius 2 is 2.07 bits per heavy atom. The van der Waals surface area contributed by atoms with Gasteiger partial charge in [-0.25, -0.2) is 8.42 Å². The molecule has 1 atom stereocenters. The number of rotatable bonds is 5. The molecule has 0 bridgehead atoms. The van der Waals surface area contributed by atoms with E-state index in [1.807, 2.05) is 12.1 Å². The Kier molecular flexibility index (Phi) is 6.48. The van der Waals surface area contributed by atoms with E-state index < -0.39 is 9.84 Å². The SMILES string of the molecule is CN(C(=O)CCN1C(=O)C(=Cc2ccc(Cl)cc2)SC1=S)C1CCS(=O)(=O)C1. The Balaban J connectivity index is 1.60. The molecule has 2 aliphatic heterocycles. The van der Waals surface area contributed by atoms with Crippen molar-refractivity contribution >= 4 is 67.6 Å². The van der Waals surface area contributed by atoms with Gasteiger partial charge in [-0.2, -0.15) is 0 Å². The molecule has 2 amide bonds. The summed E-state index contributed by atoms with van der Waals surface area (Å²) in [4.78, 5) is 28.5. The molecular weight excluding hydrogens is 440 g/mol. The van der Waals surface area contributed by atoms with E-state index in [-0.39, 0.29) is 42.3 Å². The molecule has 28 heavy (non-hydrogen) atoms. The zero-order valence-electron chi connectivity index (χ0n) is 15.1. The maximum atomic E-state index is 12.6. The summed E-state index contributed by atoms with van der Waals surface area (Å²) < 4.78 is 23.6. The Bertz CT molecular complexity index is 944. The van der Waals surface area contributed by atoms with Gasteiger partial charge in [0.15, 0.2) is 9.84 Å². The minimum absolute atomic E-state index is 0.000126. The van der Waals surface area contributed by atoms with E-state index in [0.29, 0.717) is 20.7 Å². The molecular formula is C18H19ClN2O4S3. The van der Waals surface area contributed by atoms with Crippen LogP contribution in [0.5, 0.6) is 0 Å². The fraction of sp³-hybridized carbons (Fsp3) is 0.389. The van der Waals surface area contributed by atoms with Gasteiger partial charge in [0.2, 0.25) is 5.91 Å². The highest BCUT2D eigenvalue weighted by Gasteiger charge is 2.35. The molecule has 2 aliphatic rings. The molecule has 0 saturated carbocycles. The number of thioether (sulfide) groups is 1. The van der Waals surface area contributed by atoms with E-state index >= 15 is 0 Å². The van der Waals surface area contributed by atoms with E-state index in [1.165, 1.54) is 21.6 Å². The standard InChI is InChI=1S/C18H19ClN2O4S3/c1-20(14-7-9-28(24,25)11-14)16(22)6-8-21-17(23)15(27-18(21)26)10-12-2-4-13(19)5-3-12/h2-5,10,14H,6-9,11H2,1H3. The molecule has 0 radical (unpaired) electrons. The molecule has 1 aromatic carbocycles. The highest BCUT2D eigenvalue weighted by molar-refractivity contribution is 8.26. The van der Waals surface area contributed by atoms with Crippen molar-refractivity contribution in [1.82, 2.24) is 9.80 Å². The van der Waals surface area contributed by atoms with Crippen molar-refractivity contribution in [3.05, 3.63) is 39.8 Å². The molecule has 0 aliphatic carbocycles. The summed E-state index contributed by atoms with van der Waals surface area (Å²) in [6.45, 7) is 0.172. The van der Waals surface area contributed by atoms with Crippen LogP contribution in [0.25, 0.3) is 6.08 Å². The van der Waals surface area contributed by atoms with Gasteiger partial charge in [-0.3, -0.25) is 14.5 Å². The maximum absolute atomic E-state index is 12.6. The van der Waals surface area contributed by atoms with Gasteiger partial charge in [0, 0.05) is 31.1 Å². The van der Waals surface area contributed by atoms with Crippen LogP contribution < -0.4 is 0 Å². The number of hydrogen-bond acceptors (Lipinski definition) is 6. The molecule has 10 heteroatoms. The van der Waals surface area contributed by atoms with Gasteiger partial charge >= 0.3 is 0 Å². The number of benzene rings is 1. The van der Waals surface area contributed by atoms with Gasteiger partial charge in [-0.1, -0.05) is 47.7 Å². The van der Waals surface area contributed by atoms with Crippen molar-refractivity contribution in [2.75, 3.05) is 25.1 Å². The zero-order chi connectivity index (χ0) is 20.5. The van der Waals surface area contributed by atoms with Gasteiger partial charge < -0.3 is 4.90 Å². The monoisotopic (exact) mass is 458 g/mol. The second kappa shape index (κ2) is 8.52. The van der Waals surface area contributed by atoms with Crippen molar-refractivity contribution in [3.63, 3.8) is 0 Å². The van der Waals surface area contributed by atoms with E-state index in [2.05, 4.69) is 0 Å². The van der Waals surface area contributed by atoms with Gasteiger partial charge in [-0.05, 0) is 30.2 Å². The molecule has 150 valence electrons. The van der Waals surface area contributed by atoms with E-state index in [4.69, 9.17) is 23.8 Å². The first-order valence-electron chi connectivity index (χ1n) is 8.63. The molecule has 3 rings (SSSR count). The lowest BCUT2D eigenvalue weighted by Crippen LogP contribution is -2.40. The molecule has 2 heterocycles. The Morgan fingerprint density at radius 3 is 2.68 bits per heavy atom. The average Bonchev–Trinajstić information content (AvgIpc) is 3.13. The lowest BCUT2D eigenvalue weighted by Gasteiger charge is -2.24. The first-order valence-corrected chi connectivity index (χ1v) is 12.1. The summed E-state index contributed by atoms with van der Waals surface area (Å²) in [6, 6.07) is 6.80. The number of amides is 2. The fourth-order valence-electron chi connectivity index (χ4n) is 3.07. The third-order valence-electron chi connectivity index (χ3n) is 4.74. The summed E-state index contributed by atoms with van der Waals surface area (Å²) in [7, 11) is -1.45. The van der Waals surface area contributed by atoms with Crippen molar-refractivity contribution in [1.29, 1.82) is 0 Å². The van der Waals surface area contributed by atoms with Gasteiger partial charge in [-0.15, -0.1) is 0 Å². The number of thiocarbonyl (C=S) groups is 1. The lowest BCUT2D eigenvalue weighted by molar-refractivity contribution is -0.132. The van der Waals surface area contributed by atoms with Crippen LogP contribution in [0.2, 0.25) is 5.02 Å². The number of nitrogens with zero attached hydrogens (tertiary/aromatic N) is 2. The number of sulfone groups is 1. The molecule has 0 spiro atoms. The first-order chi connectivity index (χ1) is 13.2. The van der Waals surface area contributed by atoms with E-state index in [0.717, 1.165) is 5.56 Å². The minimum Gasteiger partial charge on any atom is -0.342 e. The van der Waals surface area contributed by atoms with Crippen LogP contribution in [0.15, 0.2) is 29.2 Å². The third-order valence-corrected chi connectivity index (χ3v) is 8.12. The van der Waals surface area contributed by atoms with Crippen molar-refractivity contribution in [2.24, 2.45) is 0 Å². The molecule has 0 aromatic heterocycles. The van der Waals surface area contributed by atoms with Crippen molar-refractivity contribution in [2.45, 2.75) is 18.9 Å². The predicted octanol–water partition coefficient (Wildman–Crippen LogP) is 2.58. The van der Waals surface area contributed by atoms with Crippen molar-refractivity contribution in [3.8, 4) is 0 Å². The Hall–Kier alpha value is -1.42. The number of hydrogen-bond donors (Lipinski definition) is 0. The number of halogens is 1. The molecule has 6 nitrogen and oxygen atoms in total. The van der Waals surface area contributed by atoms with Gasteiger partial charge in [0.25, 0.3) is 5.91 Å². The Morgan fingerprint density at radius 1 is 1.39 bits per heavy atom. The first kappa shape index (κ1) is 21.3. The smallest absolute Gasteiger partial charge is 0.266 e. The normalized spacial score (nSPS) is 22.9. The summed E-state index contributed by atoms with van der Waals surface area (Å²) in [5, 5.41) is 0.613. The molecule has 2 saturated heterocycles. The highest BCUT2D eigenvalue weighted by atomic mass is 35.5. The molecule has 1 unspecified atom stereocenters. The van der Waals surface area contributed by atoms with E-state index in [1.54, 1.807) is 25.3 Å². The molecule has 0 N–H and O–H groups in total. The van der Waals surface area contributed by atoms with Gasteiger partial charge in [0.05, 0.1) is 16.4 Å². The minimum atomic E-state index is -3.06. The number of carbonyl (C=O) groups is 2. The summed E-state index contributed by atoms with van der Waals surface area (Å²) in [5.41, 5.74) is 0.836. The van der Waals surface area contributed by atoms with E-state index in [9.17, 15) is 18.0 Å². The summed E-state index contributed by atoms with van der Waals surface area (Å²) in [6.07, 6.45) is 2.29. The summed E-state index contributed by atoms with van der Waals surface area (Å²) >= 11 is 12.4. The Labute approximate surface area is 178 Å². The third kappa shape index (κ3) is 4.94. The second-order valence-electron chi connectivity index (χ2n) is 6.70. The van der Waals surface area contributed by atoms with Crippen LogP contribution in [-0.2, 0) is 19.4 Å². The van der Waals surface area contributed by atoms with Crippen LogP contribution in [0.3, 0.4) is 0 Å².